The van der Waals surface area contributed by atoms with Gasteiger partial charge in [-0.3, -0.25) is 14.4 Å². The van der Waals surface area contributed by atoms with Gasteiger partial charge in [-0.05, 0) is 72.5 Å². The van der Waals surface area contributed by atoms with E-state index >= 15 is 0 Å². The second-order valence-electron chi connectivity index (χ2n) is 9.69. The van der Waals surface area contributed by atoms with Crippen LogP contribution in [0.25, 0.3) is 0 Å². The van der Waals surface area contributed by atoms with Crippen LogP contribution in [0.4, 0.5) is 0 Å². The van der Waals surface area contributed by atoms with E-state index in [1.807, 2.05) is 66.9 Å². The van der Waals surface area contributed by atoms with Gasteiger partial charge in [-0.15, -0.1) is 11.3 Å². The van der Waals surface area contributed by atoms with E-state index in [0.717, 1.165) is 27.3 Å². The van der Waals surface area contributed by atoms with Gasteiger partial charge in [-0.25, -0.2) is 0 Å². The number of piperazine rings is 1. The maximum Gasteiger partial charge on any atom is 0.246 e. The topological polar surface area (TPSA) is 79.0 Å². The lowest BCUT2D eigenvalue weighted by molar-refractivity contribution is -0.157. The molecule has 39 heavy (non-hydrogen) atoms. The molecule has 2 heterocycles. The first-order valence-electron chi connectivity index (χ1n) is 13.1. The van der Waals surface area contributed by atoms with Crippen LogP contribution in [0.15, 0.2) is 60.0 Å². The molecule has 0 aliphatic carbocycles. The smallest absolute Gasteiger partial charge is 0.246 e. The van der Waals surface area contributed by atoms with Crippen molar-refractivity contribution in [2.24, 2.45) is 0 Å². The van der Waals surface area contributed by atoms with Gasteiger partial charge in [-0.2, -0.15) is 0 Å². The van der Waals surface area contributed by atoms with Crippen molar-refractivity contribution < 1.29 is 19.1 Å². The Morgan fingerprint density at radius 3 is 2.56 bits per heavy atom. The van der Waals surface area contributed by atoms with Crippen LogP contribution in [0.5, 0.6) is 5.75 Å². The summed E-state index contributed by atoms with van der Waals surface area (Å²) < 4.78 is 5.19. The largest absolute Gasteiger partial charge is 0.497 e. The van der Waals surface area contributed by atoms with Crippen molar-refractivity contribution in [3.63, 3.8) is 0 Å². The standard InChI is InChI=1S/C30H34ClN3O4S/c1-21-5-8-23(26(31)18-21)12-15-33-20-29(36)34(16-13-25-4-3-17-39-25)27(30(33)37)19-28(35)32-14-11-22-6-9-24(38-2)10-7-22/h3-10,17-18,27H,11-16,19-20H2,1-2H3,(H,32,35). The summed E-state index contributed by atoms with van der Waals surface area (Å²) in [4.78, 5) is 44.1. The molecule has 1 aliphatic heterocycles. The maximum absolute atomic E-state index is 13.6. The first-order valence-corrected chi connectivity index (χ1v) is 14.3. The van der Waals surface area contributed by atoms with Crippen molar-refractivity contribution in [3.05, 3.63) is 86.6 Å². The zero-order valence-electron chi connectivity index (χ0n) is 22.3. The number of hydrogen-bond donors (Lipinski definition) is 1. The fraction of sp³-hybridized carbons (Fsp3) is 0.367. The first-order chi connectivity index (χ1) is 18.8. The lowest BCUT2D eigenvalue weighted by atomic mass is 10.0. The van der Waals surface area contributed by atoms with Crippen molar-refractivity contribution in [1.29, 1.82) is 0 Å². The van der Waals surface area contributed by atoms with E-state index in [9.17, 15) is 14.4 Å². The van der Waals surface area contributed by atoms with Crippen LogP contribution in [0.3, 0.4) is 0 Å². The van der Waals surface area contributed by atoms with Crippen LogP contribution >= 0.6 is 22.9 Å². The second kappa shape index (κ2) is 13.6. The van der Waals surface area contributed by atoms with E-state index in [-0.39, 0.29) is 30.7 Å². The summed E-state index contributed by atoms with van der Waals surface area (Å²) in [6, 6.07) is 16.7. The van der Waals surface area contributed by atoms with Crippen LogP contribution < -0.4 is 10.1 Å². The minimum Gasteiger partial charge on any atom is -0.497 e. The molecule has 206 valence electrons. The number of methoxy groups -OCH3 is 1. The van der Waals surface area contributed by atoms with Crippen molar-refractivity contribution in [1.82, 2.24) is 15.1 Å². The number of benzene rings is 2. The molecule has 1 aromatic heterocycles. The predicted molar refractivity (Wildman–Crippen MR) is 154 cm³/mol. The highest BCUT2D eigenvalue weighted by Gasteiger charge is 2.40. The van der Waals surface area contributed by atoms with Gasteiger partial charge >= 0.3 is 0 Å². The third-order valence-electron chi connectivity index (χ3n) is 6.93. The summed E-state index contributed by atoms with van der Waals surface area (Å²) in [5.41, 5.74) is 3.06. The Bertz CT molecular complexity index is 1280. The number of nitrogens with one attached hydrogen (secondary N) is 1. The number of carbonyl (C=O) groups is 3. The van der Waals surface area contributed by atoms with E-state index < -0.39 is 6.04 Å². The molecule has 1 unspecified atom stereocenters. The van der Waals surface area contributed by atoms with Crippen molar-refractivity contribution >= 4 is 40.7 Å². The van der Waals surface area contributed by atoms with Crippen LogP contribution in [0.1, 0.15) is 28.0 Å². The summed E-state index contributed by atoms with van der Waals surface area (Å²) in [5.74, 6) is 0.186. The third kappa shape index (κ3) is 7.83. The summed E-state index contributed by atoms with van der Waals surface area (Å²) in [7, 11) is 1.62. The number of hydrogen-bond acceptors (Lipinski definition) is 5. The minimum atomic E-state index is -0.833. The molecule has 0 spiro atoms. The molecular weight excluding hydrogens is 534 g/mol. The van der Waals surface area contributed by atoms with Crippen LogP contribution in [-0.2, 0) is 33.6 Å². The van der Waals surface area contributed by atoms with Gasteiger partial charge in [0.25, 0.3) is 0 Å². The quantitative estimate of drug-likeness (QED) is 0.354. The number of aryl methyl sites for hydroxylation is 1. The van der Waals surface area contributed by atoms with Gasteiger partial charge in [0.2, 0.25) is 17.7 Å². The van der Waals surface area contributed by atoms with Crippen molar-refractivity contribution in [3.8, 4) is 5.75 Å². The summed E-state index contributed by atoms with van der Waals surface area (Å²) in [6.45, 7) is 3.17. The van der Waals surface area contributed by atoms with Gasteiger partial charge in [0, 0.05) is 29.5 Å². The van der Waals surface area contributed by atoms with E-state index in [1.54, 1.807) is 28.2 Å². The predicted octanol–water partition coefficient (Wildman–Crippen LogP) is 4.29. The molecule has 1 saturated heterocycles. The Labute approximate surface area is 238 Å². The van der Waals surface area contributed by atoms with E-state index in [4.69, 9.17) is 16.3 Å². The highest BCUT2D eigenvalue weighted by molar-refractivity contribution is 7.09. The van der Waals surface area contributed by atoms with E-state index in [1.165, 1.54) is 0 Å². The van der Waals surface area contributed by atoms with Crippen LogP contribution in [0, 0.1) is 6.92 Å². The molecule has 9 heteroatoms. The molecule has 3 aromatic rings. The maximum atomic E-state index is 13.6. The second-order valence-corrected chi connectivity index (χ2v) is 11.1. The number of ether oxygens (including phenoxy) is 1. The molecule has 0 bridgehead atoms. The summed E-state index contributed by atoms with van der Waals surface area (Å²) in [5, 5.41) is 5.56. The Balaban J connectivity index is 1.40. The number of amides is 3. The lowest BCUT2D eigenvalue weighted by Crippen LogP contribution is -2.61. The third-order valence-corrected chi connectivity index (χ3v) is 8.22. The molecule has 7 nitrogen and oxygen atoms in total. The normalized spacial score (nSPS) is 15.5. The van der Waals surface area contributed by atoms with Crippen LogP contribution in [0.2, 0.25) is 5.02 Å². The van der Waals surface area contributed by atoms with Gasteiger partial charge in [0.15, 0.2) is 0 Å². The Morgan fingerprint density at radius 1 is 1.08 bits per heavy atom. The molecule has 1 N–H and O–H groups in total. The average Bonchev–Trinajstić information content (AvgIpc) is 3.44. The first kappa shape index (κ1) is 28.6. The number of halogens is 1. The number of carbonyl (C=O) groups excluding carboxylic acids is 3. The van der Waals surface area contributed by atoms with E-state index in [0.29, 0.717) is 43.9 Å². The van der Waals surface area contributed by atoms with Gasteiger partial charge in [-0.1, -0.05) is 41.9 Å². The molecule has 1 aliphatic rings. The monoisotopic (exact) mass is 567 g/mol. The fourth-order valence-electron chi connectivity index (χ4n) is 4.70. The SMILES string of the molecule is COc1ccc(CCNC(=O)CC2C(=O)N(CCc3ccc(C)cc3Cl)CC(=O)N2CCc2cccs2)cc1. The van der Waals surface area contributed by atoms with E-state index in [2.05, 4.69) is 5.32 Å². The van der Waals surface area contributed by atoms with Crippen molar-refractivity contribution in [2.75, 3.05) is 33.3 Å². The highest BCUT2D eigenvalue weighted by atomic mass is 35.5. The molecule has 0 radical (unpaired) electrons. The molecule has 0 saturated carbocycles. The van der Waals surface area contributed by atoms with Crippen molar-refractivity contribution in [2.45, 2.75) is 38.6 Å². The zero-order valence-corrected chi connectivity index (χ0v) is 23.9. The Hall–Kier alpha value is -3.36. The summed E-state index contributed by atoms with van der Waals surface area (Å²) in [6.07, 6.45) is 1.76. The molecular formula is C30H34ClN3O4S. The Morgan fingerprint density at radius 2 is 1.87 bits per heavy atom. The molecule has 4 rings (SSSR count). The molecule has 1 fully saturated rings. The van der Waals surface area contributed by atoms with Gasteiger partial charge < -0.3 is 19.9 Å². The Kier molecular flexibility index (Phi) is 10.0. The molecule has 2 aromatic carbocycles. The number of nitrogens with zero attached hydrogens (tertiary/aromatic N) is 2. The lowest BCUT2D eigenvalue weighted by Gasteiger charge is -2.40. The zero-order chi connectivity index (χ0) is 27.8. The highest BCUT2D eigenvalue weighted by Crippen LogP contribution is 2.22. The van der Waals surface area contributed by atoms with Crippen LogP contribution in [-0.4, -0.2) is 66.9 Å². The summed E-state index contributed by atoms with van der Waals surface area (Å²) >= 11 is 8.01. The average molecular weight is 568 g/mol. The molecule has 1 atom stereocenters. The van der Waals surface area contributed by atoms with Gasteiger partial charge in [0.05, 0.1) is 20.1 Å². The number of thiophene rings is 1. The fourth-order valence-corrected chi connectivity index (χ4v) is 5.73. The molecule has 3 amide bonds. The minimum absolute atomic E-state index is 0.00232. The van der Waals surface area contributed by atoms with Gasteiger partial charge in [0.1, 0.15) is 11.8 Å². The number of rotatable bonds is 12.